The predicted molar refractivity (Wildman–Crippen MR) is 68.0 cm³/mol. The van der Waals surface area contributed by atoms with Crippen molar-refractivity contribution < 1.29 is 14.6 Å². The van der Waals surface area contributed by atoms with Crippen LogP contribution in [0, 0.1) is 6.92 Å². The molecular weight excluding hydrogens is 230 g/mol. The third-order valence-corrected chi connectivity index (χ3v) is 2.53. The summed E-state index contributed by atoms with van der Waals surface area (Å²) >= 11 is 0. The Morgan fingerprint density at radius 1 is 1.22 bits per heavy atom. The van der Waals surface area contributed by atoms with Crippen molar-refractivity contribution in [3.05, 3.63) is 47.7 Å². The van der Waals surface area contributed by atoms with Crippen LogP contribution in [0.1, 0.15) is 11.1 Å². The number of pyridine rings is 1. The first-order chi connectivity index (χ1) is 8.72. The van der Waals surface area contributed by atoms with Crippen LogP contribution < -0.4 is 9.47 Å². The number of benzene rings is 1. The van der Waals surface area contributed by atoms with E-state index in [1.54, 1.807) is 19.4 Å². The molecule has 0 aliphatic carbocycles. The van der Waals surface area contributed by atoms with E-state index in [9.17, 15) is 0 Å². The molecule has 2 rings (SSSR count). The molecule has 2 aromatic rings. The van der Waals surface area contributed by atoms with Crippen LogP contribution in [0.3, 0.4) is 0 Å². The lowest BCUT2D eigenvalue weighted by atomic mass is 10.2. The lowest BCUT2D eigenvalue weighted by Gasteiger charge is -2.09. The number of nitrogens with zero attached hydrogens (tertiary/aromatic N) is 1. The summed E-state index contributed by atoms with van der Waals surface area (Å²) in [5.41, 5.74) is 1.65. The van der Waals surface area contributed by atoms with E-state index >= 15 is 0 Å². The van der Waals surface area contributed by atoms with Gasteiger partial charge in [-0.25, -0.2) is 4.98 Å². The molecule has 18 heavy (non-hydrogen) atoms. The molecule has 0 saturated carbocycles. The molecule has 0 radical (unpaired) electrons. The normalized spacial score (nSPS) is 10.2. The Hall–Kier alpha value is -2.07. The molecule has 0 fully saturated rings. The number of hydrogen-bond acceptors (Lipinski definition) is 4. The summed E-state index contributed by atoms with van der Waals surface area (Å²) in [7, 11) is 1.61. The molecule has 4 nitrogen and oxygen atoms in total. The van der Waals surface area contributed by atoms with Gasteiger partial charge in [0.05, 0.1) is 13.7 Å². The van der Waals surface area contributed by atoms with Crippen LogP contribution in [0.2, 0.25) is 0 Å². The molecule has 4 heteroatoms. The highest BCUT2D eigenvalue weighted by atomic mass is 16.5. The average molecular weight is 245 g/mol. The molecule has 0 amide bonds. The summed E-state index contributed by atoms with van der Waals surface area (Å²) in [6.45, 7) is 1.87. The van der Waals surface area contributed by atoms with Crippen molar-refractivity contribution in [2.75, 3.05) is 7.11 Å². The van der Waals surface area contributed by atoms with Crippen LogP contribution in [-0.2, 0) is 6.61 Å². The molecule has 0 bridgehead atoms. The molecular formula is C14H15NO3. The first kappa shape index (κ1) is 12.4. The Labute approximate surface area is 106 Å². The van der Waals surface area contributed by atoms with Gasteiger partial charge >= 0.3 is 0 Å². The first-order valence-electron chi connectivity index (χ1n) is 5.61. The molecule has 0 spiro atoms. The maximum Gasteiger partial charge on any atom is 0.222 e. The number of aryl methyl sites for hydroxylation is 1. The van der Waals surface area contributed by atoms with Crippen molar-refractivity contribution in [2.45, 2.75) is 13.5 Å². The minimum Gasteiger partial charge on any atom is -0.497 e. The second-order valence-electron chi connectivity index (χ2n) is 3.90. The monoisotopic (exact) mass is 245 g/mol. The van der Waals surface area contributed by atoms with Gasteiger partial charge in [-0.15, -0.1) is 0 Å². The van der Waals surface area contributed by atoms with Crippen molar-refractivity contribution in [3.8, 4) is 17.4 Å². The lowest BCUT2D eigenvalue weighted by Crippen LogP contribution is -1.94. The van der Waals surface area contributed by atoms with E-state index in [1.807, 2.05) is 31.2 Å². The van der Waals surface area contributed by atoms with E-state index in [-0.39, 0.29) is 6.61 Å². The molecule has 0 aliphatic heterocycles. The second kappa shape index (κ2) is 5.51. The predicted octanol–water partition coefficient (Wildman–Crippen LogP) is 2.68. The number of hydrogen-bond donors (Lipinski definition) is 1. The molecule has 1 aromatic heterocycles. The van der Waals surface area contributed by atoms with E-state index in [2.05, 4.69) is 4.98 Å². The maximum absolute atomic E-state index is 9.01. The van der Waals surface area contributed by atoms with E-state index in [0.717, 1.165) is 16.9 Å². The minimum absolute atomic E-state index is 0.0206. The quantitative estimate of drug-likeness (QED) is 0.899. The van der Waals surface area contributed by atoms with Gasteiger partial charge in [0, 0.05) is 17.8 Å². The SMILES string of the molecule is COc1cccc(Oc2ncc(CO)cc2C)c1. The molecule has 0 atom stereocenters. The number of ether oxygens (including phenoxy) is 2. The molecule has 1 heterocycles. The van der Waals surface area contributed by atoms with Crippen molar-refractivity contribution in [1.29, 1.82) is 0 Å². The van der Waals surface area contributed by atoms with E-state index < -0.39 is 0 Å². The first-order valence-corrected chi connectivity index (χ1v) is 5.61. The van der Waals surface area contributed by atoms with Gasteiger partial charge in [0.1, 0.15) is 11.5 Å². The fourth-order valence-electron chi connectivity index (χ4n) is 1.59. The van der Waals surface area contributed by atoms with Crippen molar-refractivity contribution in [2.24, 2.45) is 0 Å². The van der Waals surface area contributed by atoms with Gasteiger partial charge in [-0.05, 0) is 30.7 Å². The van der Waals surface area contributed by atoms with Crippen LogP contribution in [0.4, 0.5) is 0 Å². The Kier molecular flexibility index (Phi) is 3.79. The van der Waals surface area contributed by atoms with Crippen LogP contribution in [0.25, 0.3) is 0 Å². The smallest absolute Gasteiger partial charge is 0.222 e. The van der Waals surface area contributed by atoms with Crippen LogP contribution in [0.15, 0.2) is 36.5 Å². The van der Waals surface area contributed by atoms with E-state index in [4.69, 9.17) is 14.6 Å². The summed E-state index contributed by atoms with van der Waals surface area (Å²) in [4.78, 5) is 4.18. The molecule has 0 aliphatic rings. The van der Waals surface area contributed by atoms with E-state index in [1.165, 1.54) is 0 Å². The summed E-state index contributed by atoms with van der Waals surface area (Å²) in [5.74, 6) is 1.93. The number of aromatic nitrogens is 1. The number of methoxy groups -OCH3 is 1. The fourth-order valence-corrected chi connectivity index (χ4v) is 1.59. The molecule has 0 saturated heterocycles. The van der Waals surface area contributed by atoms with Gasteiger partial charge in [0.15, 0.2) is 0 Å². The third kappa shape index (κ3) is 2.78. The van der Waals surface area contributed by atoms with Crippen LogP contribution in [0.5, 0.6) is 17.4 Å². The molecule has 1 aromatic carbocycles. The zero-order chi connectivity index (χ0) is 13.0. The summed E-state index contributed by atoms with van der Waals surface area (Å²) in [5, 5.41) is 9.01. The zero-order valence-corrected chi connectivity index (χ0v) is 10.4. The van der Waals surface area contributed by atoms with Gasteiger partial charge < -0.3 is 14.6 Å². The van der Waals surface area contributed by atoms with Crippen molar-refractivity contribution in [1.82, 2.24) is 4.98 Å². The second-order valence-corrected chi connectivity index (χ2v) is 3.90. The van der Waals surface area contributed by atoms with Crippen LogP contribution in [-0.4, -0.2) is 17.2 Å². The van der Waals surface area contributed by atoms with Gasteiger partial charge in [0.2, 0.25) is 5.88 Å². The van der Waals surface area contributed by atoms with Gasteiger partial charge in [-0.3, -0.25) is 0 Å². The molecule has 1 N–H and O–H groups in total. The number of aliphatic hydroxyl groups is 1. The average Bonchev–Trinajstić information content (AvgIpc) is 2.41. The molecule has 94 valence electrons. The topological polar surface area (TPSA) is 51.6 Å². The summed E-state index contributed by atoms with van der Waals surface area (Å²) in [6, 6.07) is 9.18. The lowest BCUT2D eigenvalue weighted by molar-refractivity contribution is 0.281. The third-order valence-electron chi connectivity index (χ3n) is 2.53. The highest BCUT2D eigenvalue weighted by molar-refractivity contribution is 5.37. The van der Waals surface area contributed by atoms with E-state index in [0.29, 0.717) is 11.6 Å². The maximum atomic E-state index is 9.01. The summed E-state index contributed by atoms with van der Waals surface area (Å²) in [6.07, 6.45) is 1.60. The van der Waals surface area contributed by atoms with Crippen molar-refractivity contribution in [3.63, 3.8) is 0 Å². The van der Waals surface area contributed by atoms with Gasteiger partial charge in [-0.1, -0.05) is 6.07 Å². The largest absolute Gasteiger partial charge is 0.497 e. The zero-order valence-electron chi connectivity index (χ0n) is 10.4. The number of aliphatic hydroxyl groups excluding tert-OH is 1. The Morgan fingerprint density at radius 3 is 2.67 bits per heavy atom. The Balaban J connectivity index is 2.22. The Morgan fingerprint density at radius 2 is 2.00 bits per heavy atom. The highest BCUT2D eigenvalue weighted by Gasteiger charge is 2.05. The van der Waals surface area contributed by atoms with Crippen molar-refractivity contribution >= 4 is 0 Å². The Bertz CT molecular complexity index is 540. The highest BCUT2D eigenvalue weighted by Crippen LogP contribution is 2.26. The summed E-state index contributed by atoms with van der Waals surface area (Å²) < 4.78 is 10.8. The number of rotatable bonds is 4. The fraction of sp³-hybridized carbons (Fsp3) is 0.214. The minimum atomic E-state index is -0.0206. The van der Waals surface area contributed by atoms with Gasteiger partial charge in [0.25, 0.3) is 0 Å². The van der Waals surface area contributed by atoms with Gasteiger partial charge in [-0.2, -0.15) is 0 Å². The molecule has 0 unspecified atom stereocenters. The standard InChI is InChI=1S/C14H15NO3/c1-10-6-11(9-16)8-15-14(10)18-13-5-3-4-12(7-13)17-2/h3-8,16H,9H2,1-2H3. The van der Waals surface area contributed by atoms with Crippen LogP contribution >= 0.6 is 0 Å².